The minimum absolute atomic E-state index is 0.0603. The molecular weight excluding hydrogens is 244 g/mol. The van der Waals surface area contributed by atoms with Gasteiger partial charge >= 0.3 is 0 Å². The number of nitrogens with zero attached hydrogens (tertiary/aromatic N) is 1. The van der Waals surface area contributed by atoms with Gasteiger partial charge in [0.2, 0.25) is 12.7 Å². The zero-order valence-corrected chi connectivity index (χ0v) is 11.4. The number of rotatable bonds is 6. The van der Waals surface area contributed by atoms with Crippen LogP contribution in [0, 0.1) is 0 Å². The highest BCUT2D eigenvalue weighted by Gasteiger charge is 2.15. The SMILES string of the molecule is CCNC(=O)CN(CC)Cc1ccc2c(c1)OCO2. The van der Waals surface area contributed by atoms with Crippen molar-refractivity contribution in [1.29, 1.82) is 0 Å². The van der Waals surface area contributed by atoms with Crippen molar-refractivity contribution in [3.63, 3.8) is 0 Å². The van der Waals surface area contributed by atoms with Crippen molar-refractivity contribution in [2.45, 2.75) is 20.4 Å². The summed E-state index contributed by atoms with van der Waals surface area (Å²) in [4.78, 5) is 13.7. The summed E-state index contributed by atoms with van der Waals surface area (Å²) in [5, 5.41) is 2.81. The number of nitrogens with one attached hydrogen (secondary N) is 1. The number of amides is 1. The lowest BCUT2D eigenvalue weighted by Crippen LogP contribution is -2.36. The van der Waals surface area contributed by atoms with Gasteiger partial charge in [-0.25, -0.2) is 0 Å². The number of benzene rings is 1. The molecule has 1 aromatic rings. The predicted octanol–water partition coefficient (Wildman–Crippen LogP) is 1.37. The van der Waals surface area contributed by atoms with Gasteiger partial charge in [0.25, 0.3) is 0 Å². The van der Waals surface area contributed by atoms with Crippen LogP contribution in [-0.2, 0) is 11.3 Å². The Hall–Kier alpha value is -1.75. The van der Waals surface area contributed by atoms with Crippen LogP contribution in [0.4, 0.5) is 0 Å². The third-order valence-corrected chi connectivity index (χ3v) is 3.03. The minimum Gasteiger partial charge on any atom is -0.454 e. The Morgan fingerprint density at radius 2 is 2.11 bits per heavy atom. The summed E-state index contributed by atoms with van der Waals surface area (Å²) in [6.07, 6.45) is 0. The molecule has 1 aliphatic heterocycles. The van der Waals surface area contributed by atoms with Crippen molar-refractivity contribution in [1.82, 2.24) is 10.2 Å². The van der Waals surface area contributed by atoms with E-state index in [2.05, 4.69) is 10.2 Å². The molecule has 0 aliphatic carbocycles. The Morgan fingerprint density at radius 1 is 1.32 bits per heavy atom. The molecule has 0 aromatic heterocycles. The second kappa shape index (κ2) is 6.43. The van der Waals surface area contributed by atoms with Crippen molar-refractivity contribution in [2.75, 3.05) is 26.4 Å². The largest absolute Gasteiger partial charge is 0.454 e. The summed E-state index contributed by atoms with van der Waals surface area (Å²) in [5.74, 6) is 1.63. The summed E-state index contributed by atoms with van der Waals surface area (Å²) in [7, 11) is 0. The maximum absolute atomic E-state index is 11.6. The first-order valence-corrected chi connectivity index (χ1v) is 6.60. The lowest BCUT2D eigenvalue weighted by Gasteiger charge is -2.19. The van der Waals surface area contributed by atoms with E-state index in [4.69, 9.17) is 9.47 Å². The lowest BCUT2D eigenvalue weighted by molar-refractivity contribution is -0.122. The van der Waals surface area contributed by atoms with Crippen LogP contribution in [0.1, 0.15) is 19.4 Å². The maximum Gasteiger partial charge on any atom is 0.234 e. The van der Waals surface area contributed by atoms with E-state index < -0.39 is 0 Å². The molecule has 1 N–H and O–H groups in total. The number of hydrogen-bond donors (Lipinski definition) is 1. The molecule has 104 valence electrons. The Kier molecular flexibility index (Phi) is 4.63. The molecule has 1 heterocycles. The quantitative estimate of drug-likeness (QED) is 0.843. The van der Waals surface area contributed by atoms with E-state index in [9.17, 15) is 4.79 Å². The number of likely N-dealkylation sites (N-methyl/N-ethyl adjacent to an activating group) is 2. The third-order valence-electron chi connectivity index (χ3n) is 3.03. The Labute approximate surface area is 113 Å². The van der Waals surface area contributed by atoms with Crippen LogP contribution in [0.25, 0.3) is 0 Å². The van der Waals surface area contributed by atoms with Gasteiger partial charge in [-0.05, 0) is 31.2 Å². The molecule has 0 saturated heterocycles. The molecule has 5 heteroatoms. The van der Waals surface area contributed by atoms with Crippen LogP contribution < -0.4 is 14.8 Å². The molecule has 0 saturated carbocycles. The monoisotopic (exact) mass is 264 g/mol. The van der Waals surface area contributed by atoms with E-state index >= 15 is 0 Å². The molecular formula is C14H20N2O3. The fraction of sp³-hybridized carbons (Fsp3) is 0.500. The number of hydrogen-bond acceptors (Lipinski definition) is 4. The Bertz CT molecular complexity index is 448. The van der Waals surface area contributed by atoms with Crippen LogP contribution in [-0.4, -0.2) is 37.2 Å². The fourth-order valence-electron chi connectivity index (χ4n) is 2.03. The van der Waals surface area contributed by atoms with Crippen LogP contribution in [0.2, 0.25) is 0 Å². The molecule has 1 aliphatic rings. The summed E-state index contributed by atoms with van der Waals surface area (Å²) < 4.78 is 10.6. The fourth-order valence-corrected chi connectivity index (χ4v) is 2.03. The van der Waals surface area contributed by atoms with Gasteiger partial charge in [-0.15, -0.1) is 0 Å². The van der Waals surface area contributed by atoms with E-state index in [1.807, 2.05) is 32.0 Å². The zero-order valence-electron chi connectivity index (χ0n) is 11.4. The smallest absolute Gasteiger partial charge is 0.234 e. The van der Waals surface area contributed by atoms with Gasteiger partial charge in [-0.1, -0.05) is 13.0 Å². The Morgan fingerprint density at radius 3 is 2.84 bits per heavy atom. The molecule has 0 unspecified atom stereocenters. The maximum atomic E-state index is 11.6. The molecule has 19 heavy (non-hydrogen) atoms. The highest BCUT2D eigenvalue weighted by atomic mass is 16.7. The van der Waals surface area contributed by atoms with E-state index in [0.717, 1.165) is 30.2 Å². The zero-order chi connectivity index (χ0) is 13.7. The molecule has 2 rings (SSSR count). The summed E-state index contributed by atoms with van der Waals surface area (Å²) in [6, 6.07) is 5.90. The molecule has 0 fully saturated rings. The molecule has 0 bridgehead atoms. The van der Waals surface area contributed by atoms with E-state index in [1.54, 1.807) is 0 Å². The number of fused-ring (bicyclic) bond motifs is 1. The van der Waals surface area contributed by atoms with Crippen LogP contribution in [0.15, 0.2) is 18.2 Å². The van der Waals surface area contributed by atoms with Gasteiger partial charge in [0, 0.05) is 13.1 Å². The first kappa shape index (κ1) is 13.7. The van der Waals surface area contributed by atoms with E-state index in [0.29, 0.717) is 13.1 Å². The summed E-state index contributed by atoms with van der Waals surface area (Å²) in [5.41, 5.74) is 1.12. The molecule has 0 atom stereocenters. The van der Waals surface area contributed by atoms with Gasteiger partial charge in [0.05, 0.1) is 6.54 Å². The minimum atomic E-state index is 0.0603. The highest BCUT2D eigenvalue weighted by Crippen LogP contribution is 2.32. The van der Waals surface area contributed by atoms with Crippen molar-refractivity contribution in [3.05, 3.63) is 23.8 Å². The van der Waals surface area contributed by atoms with Crippen LogP contribution in [0.5, 0.6) is 11.5 Å². The van der Waals surface area contributed by atoms with Crippen molar-refractivity contribution in [2.24, 2.45) is 0 Å². The Balaban J connectivity index is 1.96. The lowest BCUT2D eigenvalue weighted by atomic mass is 10.2. The number of carbonyl (C=O) groups is 1. The van der Waals surface area contributed by atoms with Crippen molar-refractivity contribution < 1.29 is 14.3 Å². The van der Waals surface area contributed by atoms with Crippen molar-refractivity contribution in [3.8, 4) is 11.5 Å². The molecule has 1 aromatic carbocycles. The molecule has 1 amide bonds. The van der Waals surface area contributed by atoms with E-state index in [-0.39, 0.29) is 12.7 Å². The normalized spacial score (nSPS) is 12.8. The van der Waals surface area contributed by atoms with Crippen LogP contribution in [0.3, 0.4) is 0 Å². The standard InChI is InChI=1S/C14H20N2O3/c1-3-15-14(17)9-16(4-2)8-11-5-6-12-13(7-11)19-10-18-12/h5-7H,3-4,8-10H2,1-2H3,(H,15,17). The van der Waals surface area contributed by atoms with E-state index in [1.165, 1.54) is 0 Å². The molecule has 5 nitrogen and oxygen atoms in total. The average Bonchev–Trinajstić information content (AvgIpc) is 2.85. The third kappa shape index (κ3) is 3.61. The topological polar surface area (TPSA) is 50.8 Å². The molecule has 0 spiro atoms. The van der Waals surface area contributed by atoms with Gasteiger partial charge in [0.1, 0.15) is 0 Å². The number of carbonyl (C=O) groups excluding carboxylic acids is 1. The van der Waals surface area contributed by atoms with Crippen molar-refractivity contribution >= 4 is 5.91 Å². The summed E-state index contributed by atoms with van der Waals surface area (Å²) in [6.45, 7) is 6.89. The first-order chi connectivity index (χ1) is 9.22. The highest BCUT2D eigenvalue weighted by molar-refractivity contribution is 5.77. The number of ether oxygens (including phenoxy) is 2. The summed E-state index contributed by atoms with van der Waals surface area (Å²) >= 11 is 0. The van der Waals surface area contributed by atoms with Gasteiger partial charge in [0.15, 0.2) is 11.5 Å². The van der Waals surface area contributed by atoms with Gasteiger partial charge in [-0.2, -0.15) is 0 Å². The van der Waals surface area contributed by atoms with Gasteiger partial charge in [-0.3, -0.25) is 9.69 Å². The second-order valence-corrected chi connectivity index (χ2v) is 4.44. The second-order valence-electron chi connectivity index (χ2n) is 4.44. The first-order valence-electron chi connectivity index (χ1n) is 6.60. The van der Waals surface area contributed by atoms with Gasteiger partial charge < -0.3 is 14.8 Å². The predicted molar refractivity (Wildman–Crippen MR) is 72.2 cm³/mol. The average molecular weight is 264 g/mol. The molecule has 0 radical (unpaired) electrons. The van der Waals surface area contributed by atoms with Crippen LogP contribution >= 0.6 is 0 Å².